The maximum absolute atomic E-state index is 4.20. The van der Waals surface area contributed by atoms with Crippen LogP contribution in [-0.4, -0.2) is 12.8 Å². The van der Waals surface area contributed by atoms with E-state index < -0.39 is 0 Å². The first-order valence-electron chi connectivity index (χ1n) is 4.91. The number of hydrogen-bond acceptors (Lipinski definition) is 1. The Balaban J connectivity index is 2.88. The number of nitrogens with zero attached hydrogens (tertiary/aromatic N) is 1. The van der Waals surface area contributed by atoms with E-state index >= 15 is 0 Å². The highest BCUT2D eigenvalue weighted by molar-refractivity contribution is 5.74. The van der Waals surface area contributed by atoms with Gasteiger partial charge in [0.1, 0.15) is 0 Å². The molecule has 0 aromatic heterocycles. The number of allylic oxidation sites excluding steroid dienone is 6. The van der Waals surface area contributed by atoms with Crippen molar-refractivity contribution in [2.75, 3.05) is 6.54 Å². The number of hydrogen-bond donors (Lipinski definition) is 0. The Morgan fingerprint density at radius 3 is 2.71 bits per heavy atom. The second kappa shape index (κ2) is 5.38. The highest BCUT2D eigenvalue weighted by Crippen LogP contribution is 2.12. The lowest BCUT2D eigenvalue weighted by atomic mass is 10.1. The molecule has 0 saturated carbocycles. The molecule has 14 heavy (non-hydrogen) atoms. The second-order valence-electron chi connectivity index (χ2n) is 3.52. The van der Waals surface area contributed by atoms with Gasteiger partial charge in [0.15, 0.2) is 0 Å². The fraction of sp³-hybridized carbons (Fsp3) is 0.308. The molecule has 0 aromatic rings. The molecule has 0 saturated heterocycles. The summed E-state index contributed by atoms with van der Waals surface area (Å²) in [7, 11) is 0. The van der Waals surface area contributed by atoms with Crippen LogP contribution in [0.3, 0.4) is 0 Å². The lowest BCUT2D eigenvalue weighted by Gasteiger charge is -2.04. The highest BCUT2D eigenvalue weighted by Gasteiger charge is 1.96. The molecule has 0 fully saturated rings. The third kappa shape index (κ3) is 3.17. The van der Waals surface area contributed by atoms with Gasteiger partial charge in [-0.3, -0.25) is 4.99 Å². The Morgan fingerprint density at radius 1 is 1.43 bits per heavy atom. The molecule has 0 N–H and O–H groups in total. The lowest BCUT2D eigenvalue weighted by molar-refractivity contribution is 1.17. The normalized spacial score (nSPS) is 18.1. The molecular weight excluding hydrogens is 170 g/mol. The van der Waals surface area contributed by atoms with Gasteiger partial charge in [-0.2, -0.15) is 0 Å². The molecule has 0 atom stereocenters. The van der Waals surface area contributed by atoms with Crippen molar-refractivity contribution in [3.8, 4) is 0 Å². The first-order chi connectivity index (χ1) is 6.74. The predicted octanol–water partition coefficient (Wildman–Crippen LogP) is 3.47. The molecule has 0 amide bonds. The molecule has 0 radical (unpaired) electrons. The van der Waals surface area contributed by atoms with Gasteiger partial charge in [0, 0.05) is 6.21 Å². The van der Waals surface area contributed by atoms with Gasteiger partial charge in [0.2, 0.25) is 0 Å². The summed E-state index contributed by atoms with van der Waals surface area (Å²) in [6.07, 6.45) is 12.3. The average Bonchev–Trinajstić information content (AvgIpc) is 2.18. The third-order valence-corrected chi connectivity index (χ3v) is 2.04. The van der Waals surface area contributed by atoms with Gasteiger partial charge >= 0.3 is 0 Å². The molecule has 1 aliphatic rings. The average molecular weight is 187 g/mol. The molecule has 74 valence electrons. The minimum absolute atomic E-state index is 0.796. The second-order valence-corrected chi connectivity index (χ2v) is 3.52. The maximum Gasteiger partial charge on any atom is 0.0639 e. The van der Waals surface area contributed by atoms with Crippen LogP contribution >= 0.6 is 0 Å². The van der Waals surface area contributed by atoms with Crippen molar-refractivity contribution in [3.63, 3.8) is 0 Å². The zero-order chi connectivity index (χ0) is 10.4. The van der Waals surface area contributed by atoms with E-state index in [-0.39, 0.29) is 0 Å². The topological polar surface area (TPSA) is 12.4 Å². The smallest absolute Gasteiger partial charge is 0.0639 e. The molecule has 0 spiro atoms. The van der Waals surface area contributed by atoms with Gasteiger partial charge in [0.25, 0.3) is 0 Å². The van der Waals surface area contributed by atoms with Crippen molar-refractivity contribution >= 4 is 6.21 Å². The first-order valence-corrected chi connectivity index (χ1v) is 4.91. The summed E-state index contributed by atoms with van der Waals surface area (Å²) in [5, 5.41) is 0. The van der Waals surface area contributed by atoms with E-state index in [4.69, 9.17) is 0 Å². The van der Waals surface area contributed by atoms with Crippen LogP contribution in [0.4, 0.5) is 0 Å². The SMILES string of the molecule is C/C=C/C(/C=C1/C=CC=NC1)=C(C)C. The molecule has 1 heteroatoms. The van der Waals surface area contributed by atoms with Crippen LogP contribution in [0, 0.1) is 0 Å². The summed E-state index contributed by atoms with van der Waals surface area (Å²) in [6.45, 7) is 7.09. The Hall–Kier alpha value is -1.37. The summed E-state index contributed by atoms with van der Waals surface area (Å²) in [5.41, 5.74) is 3.88. The van der Waals surface area contributed by atoms with E-state index in [0.29, 0.717) is 0 Å². The van der Waals surface area contributed by atoms with E-state index in [9.17, 15) is 0 Å². The third-order valence-electron chi connectivity index (χ3n) is 2.04. The van der Waals surface area contributed by atoms with Crippen molar-refractivity contribution < 1.29 is 0 Å². The summed E-state index contributed by atoms with van der Waals surface area (Å²) >= 11 is 0. The van der Waals surface area contributed by atoms with Crippen molar-refractivity contribution in [1.82, 2.24) is 0 Å². The monoisotopic (exact) mass is 187 g/mol. The maximum atomic E-state index is 4.20. The van der Waals surface area contributed by atoms with Crippen LogP contribution in [0.25, 0.3) is 0 Å². The van der Waals surface area contributed by atoms with Gasteiger partial charge in [-0.25, -0.2) is 0 Å². The fourth-order valence-corrected chi connectivity index (χ4v) is 1.27. The summed E-state index contributed by atoms with van der Waals surface area (Å²) in [4.78, 5) is 4.20. The lowest BCUT2D eigenvalue weighted by Crippen LogP contribution is -1.92. The Kier molecular flexibility index (Phi) is 4.11. The summed E-state index contributed by atoms with van der Waals surface area (Å²) in [6, 6.07) is 0. The number of aliphatic imine (C=N–C) groups is 1. The zero-order valence-electron chi connectivity index (χ0n) is 9.12. The molecule has 0 unspecified atom stereocenters. The molecular formula is C13H17N. The molecule has 1 rings (SSSR count). The van der Waals surface area contributed by atoms with E-state index in [2.05, 4.69) is 43.1 Å². The minimum atomic E-state index is 0.796. The van der Waals surface area contributed by atoms with Crippen LogP contribution in [0.5, 0.6) is 0 Å². The van der Waals surface area contributed by atoms with E-state index in [0.717, 1.165) is 6.54 Å². The fourth-order valence-electron chi connectivity index (χ4n) is 1.27. The van der Waals surface area contributed by atoms with E-state index in [1.165, 1.54) is 16.7 Å². The van der Waals surface area contributed by atoms with Gasteiger partial charge in [-0.1, -0.05) is 23.8 Å². The van der Waals surface area contributed by atoms with Gasteiger partial charge in [-0.15, -0.1) is 0 Å². The van der Waals surface area contributed by atoms with Crippen LogP contribution in [0.1, 0.15) is 20.8 Å². The largest absolute Gasteiger partial charge is 0.288 e. The molecule has 1 aliphatic heterocycles. The summed E-state index contributed by atoms with van der Waals surface area (Å²) in [5.74, 6) is 0. The zero-order valence-corrected chi connectivity index (χ0v) is 9.12. The number of dihydropyridines is 1. The van der Waals surface area contributed by atoms with Crippen molar-refractivity contribution in [1.29, 1.82) is 0 Å². The van der Waals surface area contributed by atoms with Crippen molar-refractivity contribution in [2.24, 2.45) is 4.99 Å². The highest BCUT2D eigenvalue weighted by atomic mass is 14.7. The first kappa shape index (κ1) is 10.7. The molecule has 1 heterocycles. The van der Waals surface area contributed by atoms with Crippen LogP contribution in [-0.2, 0) is 0 Å². The van der Waals surface area contributed by atoms with Crippen LogP contribution in [0.2, 0.25) is 0 Å². The van der Waals surface area contributed by atoms with Crippen LogP contribution in [0.15, 0.2) is 52.1 Å². The Bertz CT molecular complexity index is 334. The van der Waals surface area contributed by atoms with Gasteiger partial charge < -0.3 is 0 Å². The van der Waals surface area contributed by atoms with Crippen molar-refractivity contribution in [2.45, 2.75) is 20.8 Å². The van der Waals surface area contributed by atoms with Crippen LogP contribution < -0.4 is 0 Å². The molecule has 0 aliphatic carbocycles. The Morgan fingerprint density at radius 2 is 2.21 bits per heavy atom. The van der Waals surface area contributed by atoms with Gasteiger partial charge in [-0.05, 0) is 44.1 Å². The predicted molar refractivity (Wildman–Crippen MR) is 63.8 cm³/mol. The van der Waals surface area contributed by atoms with Crippen molar-refractivity contribution in [3.05, 3.63) is 47.1 Å². The minimum Gasteiger partial charge on any atom is -0.288 e. The van der Waals surface area contributed by atoms with E-state index in [1.807, 2.05) is 19.2 Å². The summed E-state index contributed by atoms with van der Waals surface area (Å²) < 4.78 is 0. The van der Waals surface area contributed by atoms with E-state index in [1.54, 1.807) is 0 Å². The Labute approximate surface area is 86.2 Å². The quantitative estimate of drug-likeness (QED) is 0.587. The molecule has 0 bridgehead atoms. The number of rotatable bonds is 2. The standard InChI is InChI=1S/C13H17N/c1-4-6-13(11(2)3)9-12-7-5-8-14-10-12/h4-9H,10H2,1-3H3/b6-4+,12-9-. The molecule has 1 nitrogen and oxygen atoms in total. The van der Waals surface area contributed by atoms with Gasteiger partial charge in [0.05, 0.1) is 6.54 Å². The molecule has 0 aromatic carbocycles.